The molecule has 0 aliphatic carbocycles. The molecule has 7 heteroatoms. The van der Waals surface area contributed by atoms with Crippen molar-refractivity contribution < 1.29 is 14.3 Å². The summed E-state index contributed by atoms with van der Waals surface area (Å²) in [5.74, 6) is 0.882. The summed E-state index contributed by atoms with van der Waals surface area (Å²) in [5.41, 5.74) is 3.77. The van der Waals surface area contributed by atoms with Gasteiger partial charge in [-0.1, -0.05) is 24.8 Å². The standard InChI is InChI=1S/C19H18Br2N2O3/c1-3-9-26-18-16(21)10-13(11-17(18)25-4-2)12-22-23-19(24)14-7-5-6-8-15(14)20/h3,5-8,10-12H,1,4,9H2,2H3,(H,23,24)/b22-12+. The normalized spacial score (nSPS) is 10.6. The first-order chi connectivity index (χ1) is 12.6. The average molecular weight is 482 g/mol. The number of carbonyl (C=O) groups excluding carboxylic acids is 1. The van der Waals surface area contributed by atoms with Gasteiger partial charge in [-0.25, -0.2) is 5.43 Å². The van der Waals surface area contributed by atoms with Gasteiger partial charge in [0.25, 0.3) is 5.91 Å². The highest BCUT2D eigenvalue weighted by Gasteiger charge is 2.12. The second-order valence-corrected chi connectivity index (χ2v) is 6.75. The number of hydrogen-bond acceptors (Lipinski definition) is 4. The summed E-state index contributed by atoms with van der Waals surface area (Å²) in [6.07, 6.45) is 3.20. The Morgan fingerprint density at radius 2 is 2.00 bits per heavy atom. The van der Waals surface area contributed by atoms with Crippen LogP contribution < -0.4 is 14.9 Å². The topological polar surface area (TPSA) is 59.9 Å². The minimum absolute atomic E-state index is 0.302. The van der Waals surface area contributed by atoms with Crippen LogP contribution in [0, 0.1) is 0 Å². The van der Waals surface area contributed by atoms with E-state index >= 15 is 0 Å². The van der Waals surface area contributed by atoms with Crippen LogP contribution in [0.2, 0.25) is 0 Å². The number of halogens is 2. The molecule has 0 unspecified atom stereocenters. The van der Waals surface area contributed by atoms with Crippen LogP contribution in [0.4, 0.5) is 0 Å². The van der Waals surface area contributed by atoms with Crippen molar-refractivity contribution in [2.24, 2.45) is 5.10 Å². The van der Waals surface area contributed by atoms with Crippen LogP contribution in [-0.4, -0.2) is 25.3 Å². The van der Waals surface area contributed by atoms with Crippen molar-refractivity contribution in [3.05, 3.63) is 69.1 Å². The molecule has 2 rings (SSSR count). The third-order valence-corrected chi connectivity index (χ3v) is 4.46. The molecule has 26 heavy (non-hydrogen) atoms. The lowest BCUT2D eigenvalue weighted by atomic mass is 10.2. The second kappa shape index (κ2) is 10.1. The quantitative estimate of drug-likeness (QED) is 0.330. The largest absolute Gasteiger partial charge is 0.490 e. The number of nitrogens with zero attached hydrogens (tertiary/aromatic N) is 1. The van der Waals surface area contributed by atoms with Crippen LogP contribution in [0.25, 0.3) is 0 Å². The zero-order chi connectivity index (χ0) is 18.9. The Morgan fingerprint density at radius 3 is 2.69 bits per heavy atom. The molecule has 1 amide bonds. The molecule has 0 aliphatic rings. The van der Waals surface area contributed by atoms with E-state index in [9.17, 15) is 4.79 Å². The number of ether oxygens (including phenoxy) is 2. The predicted octanol–water partition coefficient (Wildman–Crippen LogP) is 4.94. The molecule has 0 spiro atoms. The number of rotatable bonds is 8. The molecule has 2 aromatic rings. The summed E-state index contributed by atoms with van der Waals surface area (Å²) in [5, 5.41) is 4.01. The van der Waals surface area contributed by atoms with Gasteiger partial charge in [0, 0.05) is 4.47 Å². The first-order valence-corrected chi connectivity index (χ1v) is 9.43. The van der Waals surface area contributed by atoms with Crippen LogP contribution in [0.1, 0.15) is 22.8 Å². The lowest BCUT2D eigenvalue weighted by Gasteiger charge is -2.13. The first-order valence-electron chi connectivity index (χ1n) is 7.84. The number of carbonyl (C=O) groups is 1. The summed E-state index contributed by atoms with van der Waals surface area (Å²) in [6, 6.07) is 10.8. The minimum Gasteiger partial charge on any atom is -0.490 e. The fourth-order valence-corrected chi connectivity index (χ4v) is 3.12. The fourth-order valence-electron chi connectivity index (χ4n) is 2.08. The molecule has 0 radical (unpaired) electrons. The van der Waals surface area contributed by atoms with Gasteiger partial charge in [0.15, 0.2) is 11.5 Å². The van der Waals surface area contributed by atoms with E-state index in [1.165, 1.54) is 0 Å². The number of benzene rings is 2. The van der Waals surface area contributed by atoms with Crippen molar-refractivity contribution >= 4 is 44.0 Å². The molecule has 0 fully saturated rings. The minimum atomic E-state index is -0.302. The van der Waals surface area contributed by atoms with E-state index in [0.717, 1.165) is 10.0 Å². The Labute approximate surface area is 169 Å². The van der Waals surface area contributed by atoms with Crippen molar-refractivity contribution in [3.8, 4) is 11.5 Å². The Hall–Kier alpha value is -2.12. The predicted molar refractivity (Wildman–Crippen MR) is 110 cm³/mol. The van der Waals surface area contributed by atoms with E-state index in [2.05, 4.69) is 49.0 Å². The summed E-state index contributed by atoms with van der Waals surface area (Å²) in [4.78, 5) is 12.1. The third kappa shape index (κ3) is 5.44. The van der Waals surface area contributed by atoms with Crippen molar-refractivity contribution in [3.63, 3.8) is 0 Å². The Morgan fingerprint density at radius 1 is 1.23 bits per heavy atom. The van der Waals surface area contributed by atoms with Gasteiger partial charge < -0.3 is 9.47 Å². The molecule has 1 N–H and O–H groups in total. The zero-order valence-electron chi connectivity index (χ0n) is 14.2. The molecular formula is C19H18Br2N2O3. The SMILES string of the molecule is C=CCOc1c(Br)cc(/C=N/NC(=O)c2ccccc2Br)cc1OCC. The number of nitrogens with one attached hydrogen (secondary N) is 1. The van der Waals surface area contributed by atoms with E-state index in [-0.39, 0.29) is 5.91 Å². The molecule has 0 saturated heterocycles. The van der Waals surface area contributed by atoms with E-state index in [0.29, 0.717) is 34.7 Å². The van der Waals surface area contributed by atoms with E-state index in [4.69, 9.17) is 9.47 Å². The summed E-state index contributed by atoms with van der Waals surface area (Å²) >= 11 is 6.81. The van der Waals surface area contributed by atoms with Crippen LogP contribution in [0.15, 0.2) is 63.1 Å². The van der Waals surface area contributed by atoms with Crippen molar-refractivity contribution in [2.75, 3.05) is 13.2 Å². The third-order valence-electron chi connectivity index (χ3n) is 3.18. The number of hydrogen-bond donors (Lipinski definition) is 1. The van der Waals surface area contributed by atoms with Crippen molar-refractivity contribution in [1.82, 2.24) is 5.43 Å². The van der Waals surface area contributed by atoms with Gasteiger partial charge in [0.1, 0.15) is 6.61 Å². The lowest BCUT2D eigenvalue weighted by molar-refractivity contribution is 0.0954. The van der Waals surface area contributed by atoms with Crippen LogP contribution in [-0.2, 0) is 0 Å². The lowest BCUT2D eigenvalue weighted by Crippen LogP contribution is -2.18. The maximum absolute atomic E-state index is 12.1. The highest BCUT2D eigenvalue weighted by atomic mass is 79.9. The van der Waals surface area contributed by atoms with E-state index in [1.54, 1.807) is 36.6 Å². The van der Waals surface area contributed by atoms with Crippen LogP contribution in [0.5, 0.6) is 11.5 Å². The molecule has 0 bridgehead atoms. The van der Waals surface area contributed by atoms with Crippen LogP contribution >= 0.6 is 31.9 Å². The van der Waals surface area contributed by atoms with Gasteiger partial charge in [-0.05, 0) is 68.6 Å². The zero-order valence-corrected chi connectivity index (χ0v) is 17.3. The maximum atomic E-state index is 12.1. The van der Waals surface area contributed by atoms with Gasteiger partial charge in [-0.3, -0.25) is 4.79 Å². The van der Waals surface area contributed by atoms with Gasteiger partial charge in [-0.15, -0.1) is 0 Å². The van der Waals surface area contributed by atoms with Crippen molar-refractivity contribution in [1.29, 1.82) is 0 Å². The van der Waals surface area contributed by atoms with E-state index < -0.39 is 0 Å². The smallest absolute Gasteiger partial charge is 0.272 e. The molecule has 2 aromatic carbocycles. The summed E-state index contributed by atoms with van der Waals surface area (Å²) < 4.78 is 12.7. The molecule has 0 heterocycles. The molecule has 136 valence electrons. The van der Waals surface area contributed by atoms with E-state index in [1.807, 2.05) is 19.1 Å². The molecular weight excluding hydrogens is 464 g/mol. The fraction of sp³-hybridized carbons (Fsp3) is 0.158. The molecule has 0 aromatic heterocycles. The van der Waals surface area contributed by atoms with Gasteiger partial charge in [-0.2, -0.15) is 5.10 Å². The average Bonchev–Trinajstić information content (AvgIpc) is 2.61. The monoisotopic (exact) mass is 480 g/mol. The highest BCUT2D eigenvalue weighted by molar-refractivity contribution is 9.10. The molecule has 0 aliphatic heterocycles. The second-order valence-electron chi connectivity index (χ2n) is 5.04. The number of amides is 1. The number of hydrazone groups is 1. The van der Waals surface area contributed by atoms with Gasteiger partial charge >= 0.3 is 0 Å². The molecule has 0 saturated carbocycles. The summed E-state index contributed by atoms with van der Waals surface area (Å²) in [6.45, 7) is 6.40. The highest BCUT2D eigenvalue weighted by Crippen LogP contribution is 2.36. The Kier molecular flexibility index (Phi) is 7.87. The Balaban J connectivity index is 2.15. The van der Waals surface area contributed by atoms with Crippen LogP contribution in [0.3, 0.4) is 0 Å². The van der Waals surface area contributed by atoms with Gasteiger partial charge in [0.2, 0.25) is 0 Å². The molecule has 0 atom stereocenters. The maximum Gasteiger partial charge on any atom is 0.272 e. The molecule has 5 nitrogen and oxygen atoms in total. The van der Waals surface area contributed by atoms with Crippen molar-refractivity contribution in [2.45, 2.75) is 6.92 Å². The summed E-state index contributed by atoms with van der Waals surface area (Å²) in [7, 11) is 0. The Bertz CT molecular complexity index is 822. The first kappa shape index (κ1) is 20.2. The van der Waals surface area contributed by atoms with Gasteiger partial charge in [0.05, 0.1) is 22.9 Å².